The topological polar surface area (TPSA) is 16.1 Å². The Morgan fingerprint density at radius 1 is 1.06 bits per heavy atom. The second-order valence-electron chi connectivity index (χ2n) is 4.12. The zero-order valence-electron chi connectivity index (χ0n) is 9.94. The minimum Gasteiger partial charge on any atom is -0.377 e. The van der Waals surface area contributed by atoms with E-state index in [0.717, 1.165) is 11.3 Å². The molecule has 1 heterocycles. The molecule has 0 fully saturated rings. The Bertz CT molecular complexity index is 475. The molecule has 0 saturated carbocycles. The molecule has 2 rings (SSSR count). The van der Waals surface area contributed by atoms with Gasteiger partial charge in [-0.2, -0.15) is 0 Å². The third-order valence-corrected chi connectivity index (χ3v) is 2.63. The monoisotopic (exact) mass is 212 g/mol. The average molecular weight is 212 g/mol. The lowest BCUT2D eigenvalue weighted by molar-refractivity contribution is 1.10. The molecule has 0 aliphatic heterocycles. The van der Waals surface area contributed by atoms with Crippen molar-refractivity contribution in [2.24, 2.45) is 0 Å². The van der Waals surface area contributed by atoms with E-state index in [4.69, 9.17) is 0 Å². The molecule has 0 amide bonds. The summed E-state index contributed by atoms with van der Waals surface area (Å²) in [6.07, 6.45) is 1.93. The summed E-state index contributed by atoms with van der Waals surface area (Å²) in [5.41, 5.74) is 4.60. The van der Waals surface area contributed by atoms with Crippen molar-refractivity contribution in [3.8, 4) is 11.3 Å². The van der Waals surface area contributed by atoms with E-state index < -0.39 is 0 Å². The van der Waals surface area contributed by atoms with Crippen molar-refractivity contribution in [1.82, 2.24) is 4.98 Å². The van der Waals surface area contributed by atoms with Crippen LogP contribution in [0.3, 0.4) is 0 Å². The Balaban J connectivity index is 2.48. The lowest BCUT2D eigenvalue weighted by atomic mass is 10.1. The molecule has 0 bridgehead atoms. The summed E-state index contributed by atoms with van der Waals surface area (Å²) in [7, 11) is 4.11. The summed E-state index contributed by atoms with van der Waals surface area (Å²) in [5, 5.41) is 0. The van der Waals surface area contributed by atoms with E-state index in [0.29, 0.717) is 0 Å². The van der Waals surface area contributed by atoms with Crippen LogP contribution in [0.4, 0.5) is 5.69 Å². The highest BCUT2D eigenvalue weighted by atomic mass is 15.1. The minimum absolute atomic E-state index is 1.02. The summed E-state index contributed by atoms with van der Waals surface area (Å²) < 4.78 is 0. The summed E-state index contributed by atoms with van der Waals surface area (Å²) in [6.45, 7) is 2.08. The Labute approximate surface area is 96.6 Å². The quantitative estimate of drug-likeness (QED) is 0.760. The zero-order valence-corrected chi connectivity index (χ0v) is 9.94. The van der Waals surface area contributed by atoms with Gasteiger partial charge in [0.2, 0.25) is 0 Å². The minimum atomic E-state index is 1.02. The van der Waals surface area contributed by atoms with Gasteiger partial charge in [0.05, 0.1) is 5.69 Å². The molecule has 82 valence electrons. The number of hydrogen-bond acceptors (Lipinski definition) is 2. The first-order valence-electron chi connectivity index (χ1n) is 5.38. The van der Waals surface area contributed by atoms with Crippen LogP contribution in [0.1, 0.15) is 5.56 Å². The molecule has 0 saturated heterocycles. The highest BCUT2D eigenvalue weighted by Crippen LogP contribution is 2.24. The van der Waals surface area contributed by atoms with Crippen molar-refractivity contribution in [2.45, 2.75) is 6.92 Å². The molecule has 2 heteroatoms. The van der Waals surface area contributed by atoms with E-state index in [2.05, 4.69) is 49.1 Å². The molecule has 0 atom stereocenters. The van der Waals surface area contributed by atoms with Gasteiger partial charge in [0.1, 0.15) is 0 Å². The number of nitrogens with zero attached hydrogens (tertiary/aromatic N) is 2. The molecule has 0 radical (unpaired) electrons. The van der Waals surface area contributed by atoms with Crippen LogP contribution < -0.4 is 4.90 Å². The number of aryl methyl sites for hydroxylation is 1. The Kier molecular flexibility index (Phi) is 2.91. The van der Waals surface area contributed by atoms with Gasteiger partial charge < -0.3 is 4.90 Å². The zero-order chi connectivity index (χ0) is 11.5. The molecule has 0 unspecified atom stereocenters. The molecule has 16 heavy (non-hydrogen) atoms. The Morgan fingerprint density at radius 2 is 1.75 bits per heavy atom. The molecular weight excluding hydrogens is 196 g/mol. The first-order chi connectivity index (χ1) is 7.68. The lowest BCUT2D eigenvalue weighted by Crippen LogP contribution is -2.10. The maximum Gasteiger partial charge on any atom is 0.0722 e. The van der Waals surface area contributed by atoms with Gasteiger partial charge in [-0.05, 0) is 18.6 Å². The molecule has 0 aliphatic rings. The molecule has 0 aliphatic carbocycles. The lowest BCUT2D eigenvalue weighted by Gasteiger charge is -2.16. The number of hydrogen-bond donors (Lipinski definition) is 0. The molecule has 0 spiro atoms. The average Bonchev–Trinajstić information content (AvgIpc) is 2.30. The van der Waals surface area contributed by atoms with Gasteiger partial charge in [0, 0.05) is 31.5 Å². The molecule has 0 N–H and O–H groups in total. The second-order valence-corrected chi connectivity index (χ2v) is 4.12. The van der Waals surface area contributed by atoms with Gasteiger partial charge in [0.25, 0.3) is 0 Å². The van der Waals surface area contributed by atoms with E-state index in [1.54, 1.807) is 0 Å². The van der Waals surface area contributed by atoms with E-state index in [-0.39, 0.29) is 0 Å². The summed E-state index contributed by atoms with van der Waals surface area (Å²) in [5.74, 6) is 0. The van der Waals surface area contributed by atoms with Crippen LogP contribution >= 0.6 is 0 Å². The highest BCUT2D eigenvalue weighted by molar-refractivity contribution is 5.66. The normalized spacial score (nSPS) is 10.2. The standard InChI is InChI=1S/C14H16N2/c1-11-10-15-13(9-14(11)16(2)3)12-7-5-4-6-8-12/h4-10H,1-3H3. The van der Waals surface area contributed by atoms with Crippen LogP contribution in [0.2, 0.25) is 0 Å². The molecule has 2 aromatic rings. The second kappa shape index (κ2) is 4.35. The molecular formula is C14H16N2. The predicted molar refractivity (Wildman–Crippen MR) is 68.7 cm³/mol. The Morgan fingerprint density at radius 3 is 2.38 bits per heavy atom. The number of benzene rings is 1. The van der Waals surface area contributed by atoms with Crippen LogP contribution in [-0.4, -0.2) is 19.1 Å². The van der Waals surface area contributed by atoms with Crippen molar-refractivity contribution in [3.05, 3.63) is 48.2 Å². The van der Waals surface area contributed by atoms with Crippen molar-refractivity contribution in [3.63, 3.8) is 0 Å². The number of aromatic nitrogens is 1. The van der Waals surface area contributed by atoms with Crippen LogP contribution in [0.25, 0.3) is 11.3 Å². The van der Waals surface area contributed by atoms with Gasteiger partial charge in [-0.3, -0.25) is 4.98 Å². The maximum atomic E-state index is 4.46. The summed E-state index contributed by atoms with van der Waals surface area (Å²) in [6, 6.07) is 12.4. The van der Waals surface area contributed by atoms with Crippen LogP contribution in [-0.2, 0) is 0 Å². The van der Waals surface area contributed by atoms with E-state index in [1.165, 1.54) is 11.3 Å². The highest BCUT2D eigenvalue weighted by Gasteiger charge is 2.04. The van der Waals surface area contributed by atoms with Crippen molar-refractivity contribution < 1.29 is 0 Å². The Hall–Kier alpha value is -1.83. The molecule has 1 aromatic carbocycles. The molecule has 1 aromatic heterocycles. The van der Waals surface area contributed by atoms with E-state index >= 15 is 0 Å². The number of rotatable bonds is 2. The van der Waals surface area contributed by atoms with E-state index in [1.807, 2.05) is 24.4 Å². The van der Waals surface area contributed by atoms with Crippen molar-refractivity contribution in [1.29, 1.82) is 0 Å². The largest absolute Gasteiger partial charge is 0.377 e. The fourth-order valence-corrected chi connectivity index (χ4v) is 1.76. The van der Waals surface area contributed by atoms with Gasteiger partial charge in [-0.1, -0.05) is 30.3 Å². The van der Waals surface area contributed by atoms with Crippen molar-refractivity contribution in [2.75, 3.05) is 19.0 Å². The summed E-state index contributed by atoms with van der Waals surface area (Å²) >= 11 is 0. The summed E-state index contributed by atoms with van der Waals surface area (Å²) in [4.78, 5) is 6.58. The first kappa shape index (κ1) is 10.7. The van der Waals surface area contributed by atoms with Crippen molar-refractivity contribution >= 4 is 5.69 Å². The smallest absolute Gasteiger partial charge is 0.0722 e. The maximum absolute atomic E-state index is 4.46. The van der Waals surface area contributed by atoms with E-state index in [9.17, 15) is 0 Å². The van der Waals surface area contributed by atoms with Gasteiger partial charge >= 0.3 is 0 Å². The number of pyridine rings is 1. The van der Waals surface area contributed by atoms with Gasteiger partial charge in [-0.25, -0.2) is 0 Å². The number of anilines is 1. The first-order valence-corrected chi connectivity index (χ1v) is 5.38. The van der Waals surface area contributed by atoms with Crippen LogP contribution in [0.15, 0.2) is 42.6 Å². The third-order valence-electron chi connectivity index (χ3n) is 2.63. The third kappa shape index (κ3) is 2.06. The van der Waals surface area contributed by atoms with Gasteiger partial charge in [-0.15, -0.1) is 0 Å². The van der Waals surface area contributed by atoms with Crippen LogP contribution in [0.5, 0.6) is 0 Å². The SMILES string of the molecule is Cc1cnc(-c2ccccc2)cc1N(C)C. The fraction of sp³-hybridized carbons (Fsp3) is 0.214. The fourth-order valence-electron chi connectivity index (χ4n) is 1.76. The predicted octanol–water partition coefficient (Wildman–Crippen LogP) is 3.12. The van der Waals surface area contributed by atoms with Crippen LogP contribution in [0, 0.1) is 6.92 Å². The van der Waals surface area contributed by atoms with Gasteiger partial charge in [0.15, 0.2) is 0 Å². The molecule has 2 nitrogen and oxygen atoms in total.